The Kier molecular flexibility index (Phi) is 5.06. The Labute approximate surface area is 100 Å². The highest BCUT2D eigenvalue weighted by atomic mass is 79.9. The SMILES string of the molecule is CCOCC(C(C)C)N1CCC(Br)C1=O. The molecule has 2 unspecified atom stereocenters. The quantitative estimate of drug-likeness (QED) is 0.720. The van der Waals surface area contributed by atoms with Crippen molar-refractivity contribution in [1.29, 1.82) is 0 Å². The molecule has 3 nitrogen and oxygen atoms in total. The topological polar surface area (TPSA) is 29.5 Å². The number of alkyl halides is 1. The van der Waals surface area contributed by atoms with Crippen LogP contribution in [-0.4, -0.2) is 41.4 Å². The van der Waals surface area contributed by atoms with E-state index < -0.39 is 0 Å². The zero-order chi connectivity index (χ0) is 11.4. The molecule has 1 saturated heterocycles. The number of hydrogen-bond donors (Lipinski definition) is 0. The van der Waals surface area contributed by atoms with Gasteiger partial charge in [0.25, 0.3) is 0 Å². The molecule has 0 aliphatic carbocycles. The molecular weight excluding hydrogens is 258 g/mol. The molecule has 4 heteroatoms. The molecule has 1 heterocycles. The molecule has 0 aromatic heterocycles. The van der Waals surface area contributed by atoms with Crippen LogP contribution in [0.1, 0.15) is 27.2 Å². The van der Waals surface area contributed by atoms with E-state index in [0.717, 1.165) is 13.0 Å². The third-order valence-electron chi connectivity index (χ3n) is 2.84. The third-order valence-corrected chi connectivity index (χ3v) is 3.69. The van der Waals surface area contributed by atoms with Gasteiger partial charge in [0.05, 0.1) is 17.5 Å². The second-order valence-corrected chi connectivity index (χ2v) is 5.36. The minimum atomic E-state index is 0.0142. The molecule has 88 valence electrons. The van der Waals surface area contributed by atoms with Gasteiger partial charge in [0.2, 0.25) is 5.91 Å². The smallest absolute Gasteiger partial charge is 0.236 e. The first-order valence-corrected chi connectivity index (χ1v) is 6.51. The molecule has 2 atom stereocenters. The molecule has 1 aliphatic rings. The fraction of sp³-hybridized carbons (Fsp3) is 0.909. The minimum absolute atomic E-state index is 0.0142. The standard InChI is InChI=1S/C11H20BrNO2/c1-4-15-7-10(8(2)3)13-6-5-9(12)11(13)14/h8-10H,4-7H2,1-3H3. The van der Waals surface area contributed by atoms with Crippen LogP contribution in [-0.2, 0) is 9.53 Å². The number of nitrogens with zero attached hydrogens (tertiary/aromatic N) is 1. The van der Waals surface area contributed by atoms with Gasteiger partial charge in [-0.2, -0.15) is 0 Å². The van der Waals surface area contributed by atoms with Gasteiger partial charge in [-0.3, -0.25) is 4.79 Å². The van der Waals surface area contributed by atoms with E-state index >= 15 is 0 Å². The summed E-state index contributed by atoms with van der Waals surface area (Å²) in [5, 5.41) is 0. The lowest BCUT2D eigenvalue weighted by Crippen LogP contribution is -2.44. The summed E-state index contributed by atoms with van der Waals surface area (Å²) in [5.74, 6) is 0.659. The predicted molar refractivity (Wildman–Crippen MR) is 64.2 cm³/mol. The summed E-state index contributed by atoms with van der Waals surface area (Å²) in [4.78, 5) is 13.8. The molecule has 0 aromatic rings. The Hall–Kier alpha value is -0.0900. The van der Waals surface area contributed by atoms with Crippen LogP contribution < -0.4 is 0 Å². The van der Waals surface area contributed by atoms with Crippen LogP contribution in [0.5, 0.6) is 0 Å². The second-order valence-electron chi connectivity index (χ2n) is 4.26. The maximum absolute atomic E-state index is 11.8. The van der Waals surface area contributed by atoms with Crippen molar-refractivity contribution in [3.05, 3.63) is 0 Å². The van der Waals surface area contributed by atoms with E-state index in [4.69, 9.17) is 4.74 Å². The van der Waals surface area contributed by atoms with Gasteiger partial charge in [0.1, 0.15) is 0 Å². The molecule has 1 amide bonds. The van der Waals surface area contributed by atoms with Gasteiger partial charge in [-0.1, -0.05) is 29.8 Å². The monoisotopic (exact) mass is 277 g/mol. The van der Waals surface area contributed by atoms with Crippen LogP contribution in [0.15, 0.2) is 0 Å². The summed E-state index contributed by atoms with van der Waals surface area (Å²) < 4.78 is 5.44. The van der Waals surface area contributed by atoms with Gasteiger partial charge in [-0.15, -0.1) is 0 Å². The summed E-state index contributed by atoms with van der Waals surface area (Å²) in [7, 11) is 0. The lowest BCUT2D eigenvalue weighted by Gasteiger charge is -2.30. The summed E-state index contributed by atoms with van der Waals surface area (Å²) in [6.45, 7) is 8.47. The van der Waals surface area contributed by atoms with Crippen molar-refractivity contribution in [3.63, 3.8) is 0 Å². The average molecular weight is 278 g/mol. The Morgan fingerprint density at radius 3 is 2.67 bits per heavy atom. The molecular formula is C11H20BrNO2. The van der Waals surface area contributed by atoms with E-state index in [1.807, 2.05) is 11.8 Å². The van der Waals surface area contributed by atoms with Crippen LogP contribution in [0.4, 0.5) is 0 Å². The van der Waals surface area contributed by atoms with Gasteiger partial charge < -0.3 is 9.64 Å². The highest BCUT2D eigenvalue weighted by Gasteiger charge is 2.35. The third kappa shape index (κ3) is 3.18. The Morgan fingerprint density at radius 1 is 1.60 bits per heavy atom. The number of ether oxygens (including phenoxy) is 1. The van der Waals surface area contributed by atoms with Crippen molar-refractivity contribution in [2.75, 3.05) is 19.8 Å². The van der Waals surface area contributed by atoms with Gasteiger partial charge >= 0.3 is 0 Å². The molecule has 1 rings (SSSR count). The van der Waals surface area contributed by atoms with Gasteiger partial charge in [0.15, 0.2) is 0 Å². The van der Waals surface area contributed by atoms with Crippen molar-refractivity contribution >= 4 is 21.8 Å². The first-order valence-electron chi connectivity index (χ1n) is 5.60. The highest BCUT2D eigenvalue weighted by Crippen LogP contribution is 2.23. The van der Waals surface area contributed by atoms with Gasteiger partial charge in [-0.05, 0) is 19.3 Å². The number of amides is 1. The molecule has 0 N–H and O–H groups in total. The number of carbonyl (C=O) groups excluding carboxylic acids is 1. The van der Waals surface area contributed by atoms with E-state index in [0.29, 0.717) is 19.1 Å². The molecule has 0 saturated carbocycles. The summed E-state index contributed by atoms with van der Waals surface area (Å²) in [6.07, 6.45) is 0.911. The van der Waals surface area contributed by atoms with Gasteiger partial charge in [0, 0.05) is 13.2 Å². The predicted octanol–water partition coefficient (Wildman–Crippen LogP) is 2.04. The van der Waals surface area contributed by atoms with Crippen LogP contribution in [0, 0.1) is 5.92 Å². The molecule has 0 spiro atoms. The first kappa shape index (κ1) is 13.0. The number of halogens is 1. The van der Waals surface area contributed by atoms with Crippen molar-refractivity contribution in [1.82, 2.24) is 4.90 Å². The Balaban J connectivity index is 2.59. The van der Waals surface area contributed by atoms with Crippen LogP contribution in [0.25, 0.3) is 0 Å². The number of rotatable bonds is 5. The van der Waals surface area contributed by atoms with E-state index in [2.05, 4.69) is 29.8 Å². The number of hydrogen-bond acceptors (Lipinski definition) is 2. The molecule has 1 aliphatic heterocycles. The second kappa shape index (κ2) is 5.85. The fourth-order valence-electron chi connectivity index (χ4n) is 1.88. The van der Waals surface area contributed by atoms with E-state index in [1.165, 1.54) is 0 Å². The summed E-state index contributed by atoms with van der Waals surface area (Å²) in [6, 6.07) is 0.222. The largest absolute Gasteiger partial charge is 0.380 e. The Morgan fingerprint density at radius 2 is 2.27 bits per heavy atom. The minimum Gasteiger partial charge on any atom is -0.380 e. The molecule has 0 radical (unpaired) electrons. The summed E-state index contributed by atoms with van der Waals surface area (Å²) in [5.41, 5.74) is 0. The highest BCUT2D eigenvalue weighted by molar-refractivity contribution is 9.10. The summed E-state index contributed by atoms with van der Waals surface area (Å²) >= 11 is 3.40. The average Bonchev–Trinajstić information content (AvgIpc) is 2.50. The van der Waals surface area contributed by atoms with E-state index in [9.17, 15) is 4.79 Å². The van der Waals surface area contributed by atoms with Gasteiger partial charge in [-0.25, -0.2) is 0 Å². The Bertz CT molecular complexity index is 221. The van der Waals surface area contributed by atoms with Crippen LogP contribution in [0.3, 0.4) is 0 Å². The molecule has 0 bridgehead atoms. The fourth-order valence-corrected chi connectivity index (χ4v) is 2.34. The maximum Gasteiger partial charge on any atom is 0.236 e. The molecule has 15 heavy (non-hydrogen) atoms. The molecule has 1 fully saturated rings. The first-order chi connectivity index (χ1) is 7.07. The van der Waals surface area contributed by atoms with E-state index in [-0.39, 0.29) is 16.8 Å². The van der Waals surface area contributed by atoms with Crippen LogP contribution in [0.2, 0.25) is 0 Å². The zero-order valence-electron chi connectivity index (χ0n) is 9.70. The van der Waals surface area contributed by atoms with Crippen molar-refractivity contribution in [2.24, 2.45) is 5.92 Å². The van der Waals surface area contributed by atoms with E-state index in [1.54, 1.807) is 0 Å². The number of likely N-dealkylation sites (tertiary alicyclic amines) is 1. The molecule has 0 aromatic carbocycles. The zero-order valence-corrected chi connectivity index (χ0v) is 11.3. The van der Waals surface area contributed by atoms with Crippen molar-refractivity contribution in [2.45, 2.75) is 38.1 Å². The lowest BCUT2D eigenvalue weighted by molar-refractivity contribution is -0.131. The normalized spacial score (nSPS) is 23.9. The van der Waals surface area contributed by atoms with Crippen molar-refractivity contribution in [3.8, 4) is 0 Å². The number of carbonyl (C=O) groups is 1. The maximum atomic E-state index is 11.8. The van der Waals surface area contributed by atoms with Crippen LogP contribution >= 0.6 is 15.9 Å². The van der Waals surface area contributed by atoms with Crippen molar-refractivity contribution < 1.29 is 9.53 Å². The lowest BCUT2D eigenvalue weighted by atomic mass is 10.0.